The molecule has 2 aromatic carbocycles. The molecule has 37 heavy (non-hydrogen) atoms. The van der Waals surface area contributed by atoms with E-state index in [-0.39, 0.29) is 30.4 Å². The van der Waals surface area contributed by atoms with Gasteiger partial charge in [0, 0.05) is 6.04 Å². The molecular weight excluding hydrogens is 464 g/mol. The second-order valence-corrected chi connectivity index (χ2v) is 10.7. The van der Waals surface area contributed by atoms with Gasteiger partial charge < -0.3 is 19.3 Å². The van der Waals surface area contributed by atoms with Gasteiger partial charge in [0.1, 0.15) is 12.6 Å². The molecule has 5 rings (SSSR count). The third-order valence-corrected chi connectivity index (χ3v) is 8.29. The van der Waals surface area contributed by atoms with Crippen molar-refractivity contribution < 1.29 is 19.1 Å². The number of hydrogen-bond acceptors (Lipinski definition) is 4. The molecule has 1 saturated heterocycles. The minimum atomic E-state index is -0.671. The van der Waals surface area contributed by atoms with Gasteiger partial charge in [-0.1, -0.05) is 62.9 Å². The number of amides is 2. The molecule has 1 aliphatic heterocycles. The van der Waals surface area contributed by atoms with E-state index in [0.29, 0.717) is 18.1 Å². The molecule has 0 spiro atoms. The fourth-order valence-corrected chi connectivity index (χ4v) is 6.46. The first-order valence-electron chi connectivity index (χ1n) is 14.1. The highest BCUT2D eigenvalue weighted by Crippen LogP contribution is 2.43. The van der Waals surface area contributed by atoms with Gasteiger partial charge in [-0.05, 0) is 67.3 Å². The molecule has 0 radical (unpaired) electrons. The van der Waals surface area contributed by atoms with Crippen LogP contribution in [-0.2, 0) is 16.0 Å². The first-order valence-corrected chi connectivity index (χ1v) is 14.1. The standard InChI is InChI=1S/C31H40N2O4/c1-3-19-37-27-18-17-23(20-28(27)36-2)30-31(35)32(24-13-6-4-5-7-14-24)21-29(34)33(30)26-16-10-12-22-11-8-9-15-25(22)26/h8-9,11,15,17-18,20,24,26,30H,3-7,10,12-14,16,19,21H2,1-2H3/t26-,30+/m1/s1. The summed E-state index contributed by atoms with van der Waals surface area (Å²) in [5.41, 5.74) is 3.25. The van der Waals surface area contributed by atoms with Crippen LogP contribution in [0.3, 0.4) is 0 Å². The summed E-state index contributed by atoms with van der Waals surface area (Å²) in [5, 5.41) is 0. The maximum Gasteiger partial charge on any atom is 0.250 e. The van der Waals surface area contributed by atoms with Crippen molar-refractivity contribution in [1.29, 1.82) is 0 Å². The van der Waals surface area contributed by atoms with E-state index in [2.05, 4.69) is 25.1 Å². The van der Waals surface area contributed by atoms with Crippen molar-refractivity contribution >= 4 is 11.8 Å². The number of carbonyl (C=O) groups is 2. The van der Waals surface area contributed by atoms with Crippen LogP contribution in [0.4, 0.5) is 0 Å². The molecule has 6 heteroatoms. The second kappa shape index (κ2) is 11.6. The molecule has 3 aliphatic rings. The first-order chi connectivity index (χ1) is 18.1. The first kappa shape index (κ1) is 25.6. The van der Waals surface area contributed by atoms with Crippen molar-refractivity contribution in [1.82, 2.24) is 9.80 Å². The van der Waals surface area contributed by atoms with Crippen molar-refractivity contribution in [3.8, 4) is 11.5 Å². The molecule has 1 saturated carbocycles. The van der Waals surface area contributed by atoms with E-state index in [0.717, 1.165) is 56.9 Å². The van der Waals surface area contributed by atoms with Crippen molar-refractivity contribution in [2.75, 3.05) is 20.3 Å². The van der Waals surface area contributed by atoms with E-state index in [1.165, 1.54) is 24.0 Å². The molecule has 2 aliphatic carbocycles. The van der Waals surface area contributed by atoms with Crippen LogP contribution in [-0.4, -0.2) is 47.9 Å². The summed E-state index contributed by atoms with van der Waals surface area (Å²) < 4.78 is 11.6. The van der Waals surface area contributed by atoms with Crippen LogP contribution < -0.4 is 9.47 Å². The molecule has 1 heterocycles. The van der Waals surface area contributed by atoms with E-state index < -0.39 is 6.04 Å². The Bertz CT molecular complexity index is 1110. The molecule has 2 aromatic rings. The number of nitrogens with zero attached hydrogens (tertiary/aromatic N) is 2. The largest absolute Gasteiger partial charge is 0.493 e. The predicted molar refractivity (Wildman–Crippen MR) is 144 cm³/mol. The lowest BCUT2D eigenvalue weighted by Gasteiger charge is -2.47. The minimum Gasteiger partial charge on any atom is -0.493 e. The number of rotatable bonds is 7. The lowest BCUT2D eigenvalue weighted by molar-refractivity contribution is -0.162. The Hall–Kier alpha value is -3.02. The number of benzene rings is 2. The number of piperazine rings is 1. The number of aryl methyl sites for hydroxylation is 1. The summed E-state index contributed by atoms with van der Waals surface area (Å²) in [6.07, 6.45) is 10.4. The SMILES string of the molecule is CCCOc1ccc([C@H]2C(=O)N(C3CCCCCC3)CC(=O)N2[C@@H]2CCCc3ccccc32)cc1OC. The highest BCUT2D eigenvalue weighted by molar-refractivity contribution is 5.96. The average molecular weight is 505 g/mol. The lowest BCUT2D eigenvalue weighted by Crippen LogP contribution is -2.59. The van der Waals surface area contributed by atoms with Crippen LogP contribution >= 0.6 is 0 Å². The molecule has 2 fully saturated rings. The normalized spacial score (nSPS) is 23.0. The van der Waals surface area contributed by atoms with E-state index in [4.69, 9.17) is 9.47 Å². The summed E-state index contributed by atoms with van der Waals surface area (Å²) in [7, 11) is 1.62. The Morgan fingerprint density at radius 3 is 2.46 bits per heavy atom. The Morgan fingerprint density at radius 1 is 0.919 bits per heavy atom. The van der Waals surface area contributed by atoms with Gasteiger partial charge in [-0.25, -0.2) is 0 Å². The molecule has 6 nitrogen and oxygen atoms in total. The topological polar surface area (TPSA) is 59.1 Å². The van der Waals surface area contributed by atoms with Crippen LogP contribution in [0.25, 0.3) is 0 Å². The molecule has 0 unspecified atom stereocenters. The number of carbonyl (C=O) groups excluding carboxylic acids is 2. The van der Waals surface area contributed by atoms with Crippen molar-refractivity contribution in [2.24, 2.45) is 0 Å². The fourth-order valence-electron chi connectivity index (χ4n) is 6.46. The maximum atomic E-state index is 14.4. The van der Waals surface area contributed by atoms with Crippen LogP contribution in [0, 0.1) is 0 Å². The number of hydrogen-bond donors (Lipinski definition) is 0. The summed E-state index contributed by atoms with van der Waals surface area (Å²) in [6.45, 7) is 2.83. The van der Waals surface area contributed by atoms with Crippen LogP contribution in [0.5, 0.6) is 11.5 Å². The smallest absolute Gasteiger partial charge is 0.250 e. The average Bonchev–Trinajstić information content (AvgIpc) is 3.22. The maximum absolute atomic E-state index is 14.4. The Kier molecular flexibility index (Phi) is 8.02. The van der Waals surface area contributed by atoms with Crippen molar-refractivity contribution in [3.05, 3.63) is 59.2 Å². The number of methoxy groups -OCH3 is 1. The lowest BCUT2D eigenvalue weighted by atomic mass is 9.84. The zero-order chi connectivity index (χ0) is 25.8. The van der Waals surface area contributed by atoms with Gasteiger partial charge in [0.05, 0.1) is 19.8 Å². The summed E-state index contributed by atoms with van der Waals surface area (Å²) in [6, 6.07) is 13.5. The zero-order valence-corrected chi connectivity index (χ0v) is 22.3. The van der Waals surface area contributed by atoms with Crippen LogP contribution in [0.15, 0.2) is 42.5 Å². The van der Waals surface area contributed by atoms with Crippen molar-refractivity contribution in [2.45, 2.75) is 89.3 Å². The molecule has 2 amide bonds. The van der Waals surface area contributed by atoms with E-state index in [9.17, 15) is 9.59 Å². The van der Waals surface area contributed by atoms with Crippen LogP contribution in [0.2, 0.25) is 0 Å². The molecule has 0 aromatic heterocycles. The monoisotopic (exact) mass is 504 g/mol. The molecular formula is C31H40N2O4. The second-order valence-electron chi connectivity index (χ2n) is 10.7. The molecule has 0 N–H and O–H groups in total. The molecule has 198 valence electrons. The Labute approximate surface area is 220 Å². The summed E-state index contributed by atoms with van der Waals surface area (Å²) in [5.74, 6) is 1.35. The minimum absolute atomic E-state index is 0.0406. The fraction of sp³-hybridized carbons (Fsp3) is 0.548. The van der Waals surface area contributed by atoms with Crippen LogP contribution in [0.1, 0.15) is 93.5 Å². The zero-order valence-electron chi connectivity index (χ0n) is 22.3. The van der Waals surface area contributed by atoms with E-state index >= 15 is 0 Å². The third-order valence-electron chi connectivity index (χ3n) is 8.29. The van der Waals surface area contributed by atoms with Gasteiger partial charge in [-0.3, -0.25) is 9.59 Å². The van der Waals surface area contributed by atoms with E-state index in [1.807, 2.05) is 34.1 Å². The van der Waals surface area contributed by atoms with Gasteiger partial charge in [-0.15, -0.1) is 0 Å². The summed E-state index contributed by atoms with van der Waals surface area (Å²) in [4.78, 5) is 32.2. The highest BCUT2D eigenvalue weighted by Gasteiger charge is 2.46. The molecule has 0 bridgehead atoms. The van der Waals surface area contributed by atoms with Gasteiger partial charge in [0.2, 0.25) is 5.91 Å². The van der Waals surface area contributed by atoms with Gasteiger partial charge in [0.15, 0.2) is 11.5 Å². The van der Waals surface area contributed by atoms with Gasteiger partial charge >= 0.3 is 0 Å². The third kappa shape index (κ3) is 5.21. The highest BCUT2D eigenvalue weighted by atomic mass is 16.5. The Morgan fingerprint density at radius 2 is 1.70 bits per heavy atom. The Balaban J connectivity index is 1.56. The van der Waals surface area contributed by atoms with Gasteiger partial charge in [-0.2, -0.15) is 0 Å². The van der Waals surface area contributed by atoms with Crippen molar-refractivity contribution in [3.63, 3.8) is 0 Å². The summed E-state index contributed by atoms with van der Waals surface area (Å²) >= 11 is 0. The van der Waals surface area contributed by atoms with E-state index in [1.54, 1.807) is 7.11 Å². The molecule has 2 atom stereocenters. The van der Waals surface area contributed by atoms with Gasteiger partial charge in [0.25, 0.3) is 5.91 Å². The predicted octanol–water partition coefficient (Wildman–Crippen LogP) is 6.00. The number of fused-ring (bicyclic) bond motifs is 1. The quantitative estimate of drug-likeness (QED) is 0.434. The number of ether oxygens (including phenoxy) is 2.